The van der Waals surface area contributed by atoms with Crippen LogP contribution >= 0.6 is 23.4 Å². The van der Waals surface area contributed by atoms with Crippen LogP contribution in [0.4, 0.5) is 5.69 Å². The van der Waals surface area contributed by atoms with Gasteiger partial charge in [0.15, 0.2) is 0 Å². The Balaban J connectivity index is 1.77. The monoisotopic (exact) mass is 494 g/mol. The van der Waals surface area contributed by atoms with Crippen LogP contribution in [0, 0.1) is 13.8 Å². The van der Waals surface area contributed by atoms with Crippen molar-refractivity contribution in [1.29, 1.82) is 0 Å². The van der Waals surface area contributed by atoms with Gasteiger partial charge in [0.25, 0.3) is 0 Å². The minimum Gasteiger partial charge on any atom is -0.325 e. The second kappa shape index (κ2) is 9.57. The molecule has 170 valence electrons. The van der Waals surface area contributed by atoms with Crippen molar-refractivity contribution in [3.8, 4) is 5.69 Å². The molecule has 9 nitrogen and oxygen atoms in total. The molecule has 0 aliphatic heterocycles. The number of thioether (sulfide) groups is 1. The van der Waals surface area contributed by atoms with E-state index in [-0.39, 0.29) is 15.8 Å². The normalized spacial score (nSPS) is 12.7. The minimum absolute atomic E-state index is 0.0756. The standard InChI is InChI=1S/C20H23ClN6O3S2/c1-12-6-8-16(10-13(12)2)27-20(23-24-25-27)31-14(3)19(28)22-15-7-9-17(21)18(11-15)32(29,30)26(4)5/h6-11,14H,1-5H3,(H,22,28). The number of amides is 1. The predicted molar refractivity (Wildman–Crippen MR) is 125 cm³/mol. The molecule has 0 radical (unpaired) electrons. The number of nitrogens with zero attached hydrogens (tertiary/aromatic N) is 5. The molecule has 0 aliphatic rings. The van der Waals surface area contributed by atoms with E-state index in [4.69, 9.17) is 11.6 Å². The molecule has 32 heavy (non-hydrogen) atoms. The molecular formula is C20H23ClN6O3S2. The van der Waals surface area contributed by atoms with Gasteiger partial charge in [-0.05, 0) is 72.7 Å². The average molecular weight is 495 g/mol. The minimum atomic E-state index is -3.76. The molecule has 0 spiro atoms. The Morgan fingerprint density at radius 1 is 1.16 bits per heavy atom. The van der Waals surface area contributed by atoms with Crippen molar-refractivity contribution >= 4 is 45.0 Å². The van der Waals surface area contributed by atoms with Gasteiger partial charge < -0.3 is 5.32 Å². The van der Waals surface area contributed by atoms with Crippen LogP contribution in [0.25, 0.3) is 5.69 Å². The number of aryl methyl sites for hydroxylation is 2. The molecule has 1 aromatic heterocycles. The lowest BCUT2D eigenvalue weighted by Crippen LogP contribution is -2.24. The van der Waals surface area contributed by atoms with Gasteiger partial charge in [0.05, 0.1) is 16.0 Å². The van der Waals surface area contributed by atoms with Crippen molar-refractivity contribution < 1.29 is 13.2 Å². The molecule has 0 aliphatic carbocycles. The number of halogens is 1. The summed E-state index contributed by atoms with van der Waals surface area (Å²) in [6.45, 7) is 5.74. The number of sulfonamides is 1. The van der Waals surface area contributed by atoms with E-state index in [0.717, 1.165) is 21.1 Å². The fourth-order valence-electron chi connectivity index (χ4n) is 2.70. The zero-order valence-electron chi connectivity index (χ0n) is 18.2. The average Bonchev–Trinajstić information content (AvgIpc) is 3.19. The summed E-state index contributed by atoms with van der Waals surface area (Å²) in [4.78, 5) is 12.7. The van der Waals surface area contributed by atoms with Gasteiger partial charge in [-0.15, -0.1) is 5.10 Å². The van der Waals surface area contributed by atoms with Crippen LogP contribution in [0.1, 0.15) is 18.1 Å². The van der Waals surface area contributed by atoms with E-state index in [0.29, 0.717) is 10.8 Å². The van der Waals surface area contributed by atoms with Crippen LogP contribution in [0.2, 0.25) is 5.02 Å². The second-order valence-electron chi connectivity index (χ2n) is 7.32. The van der Waals surface area contributed by atoms with Crippen LogP contribution in [-0.4, -0.2) is 58.2 Å². The van der Waals surface area contributed by atoms with Gasteiger partial charge in [-0.1, -0.05) is 29.4 Å². The number of carbonyl (C=O) groups is 1. The van der Waals surface area contributed by atoms with Crippen molar-refractivity contribution in [2.45, 2.75) is 36.1 Å². The number of hydrogen-bond acceptors (Lipinski definition) is 7. The Morgan fingerprint density at radius 2 is 1.88 bits per heavy atom. The van der Waals surface area contributed by atoms with E-state index in [2.05, 4.69) is 20.8 Å². The van der Waals surface area contributed by atoms with Gasteiger partial charge >= 0.3 is 0 Å². The maximum Gasteiger partial charge on any atom is 0.244 e. The number of anilines is 1. The summed E-state index contributed by atoms with van der Waals surface area (Å²) >= 11 is 7.26. The molecule has 1 heterocycles. The van der Waals surface area contributed by atoms with Crippen LogP contribution in [0.5, 0.6) is 0 Å². The fourth-order valence-corrected chi connectivity index (χ4v) is 4.90. The van der Waals surface area contributed by atoms with E-state index in [9.17, 15) is 13.2 Å². The molecule has 2 aromatic carbocycles. The molecule has 0 bridgehead atoms. The highest BCUT2D eigenvalue weighted by atomic mass is 35.5. The molecule has 1 N–H and O–H groups in total. The fraction of sp³-hybridized carbons (Fsp3) is 0.300. The van der Waals surface area contributed by atoms with Crippen molar-refractivity contribution in [2.24, 2.45) is 0 Å². The topological polar surface area (TPSA) is 110 Å². The molecule has 1 atom stereocenters. The zero-order chi connectivity index (χ0) is 23.6. The third kappa shape index (κ3) is 5.12. The molecule has 0 saturated carbocycles. The highest BCUT2D eigenvalue weighted by Gasteiger charge is 2.23. The lowest BCUT2D eigenvalue weighted by atomic mass is 10.1. The third-order valence-electron chi connectivity index (χ3n) is 4.78. The van der Waals surface area contributed by atoms with E-state index in [1.807, 2.05) is 32.0 Å². The first-order valence-electron chi connectivity index (χ1n) is 9.56. The second-order valence-corrected chi connectivity index (χ2v) is 11.2. The molecule has 1 amide bonds. The summed E-state index contributed by atoms with van der Waals surface area (Å²) in [5.41, 5.74) is 3.37. The maximum atomic E-state index is 12.8. The lowest BCUT2D eigenvalue weighted by Gasteiger charge is -2.15. The third-order valence-corrected chi connectivity index (χ3v) is 8.11. The van der Waals surface area contributed by atoms with E-state index in [1.165, 1.54) is 38.0 Å². The number of benzene rings is 2. The van der Waals surface area contributed by atoms with E-state index >= 15 is 0 Å². The van der Waals surface area contributed by atoms with Crippen molar-refractivity contribution in [1.82, 2.24) is 24.5 Å². The van der Waals surface area contributed by atoms with Crippen LogP contribution in [0.15, 0.2) is 46.5 Å². The summed E-state index contributed by atoms with van der Waals surface area (Å²) in [5.74, 6) is -0.333. The van der Waals surface area contributed by atoms with Crippen LogP contribution in [0.3, 0.4) is 0 Å². The largest absolute Gasteiger partial charge is 0.325 e. The quantitative estimate of drug-likeness (QED) is 0.501. The van der Waals surface area contributed by atoms with E-state index in [1.54, 1.807) is 17.7 Å². The van der Waals surface area contributed by atoms with Gasteiger partial charge in [0.2, 0.25) is 21.1 Å². The van der Waals surface area contributed by atoms with Crippen LogP contribution < -0.4 is 5.32 Å². The van der Waals surface area contributed by atoms with Gasteiger partial charge in [-0.25, -0.2) is 12.7 Å². The summed E-state index contributed by atoms with van der Waals surface area (Å²) in [6, 6.07) is 10.2. The molecule has 0 fully saturated rings. The molecule has 1 unspecified atom stereocenters. The maximum absolute atomic E-state index is 12.8. The number of carbonyl (C=O) groups excluding carboxylic acids is 1. The first-order valence-corrected chi connectivity index (χ1v) is 12.3. The number of aromatic nitrogens is 4. The molecule has 12 heteroatoms. The van der Waals surface area contributed by atoms with E-state index < -0.39 is 15.3 Å². The van der Waals surface area contributed by atoms with Crippen LogP contribution in [-0.2, 0) is 14.8 Å². The van der Waals surface area contributed by atoms with Gasteiger partial charge in [0.1, 0.15) is 4.90 Å². The first kappa shape index (κ1) is 24.2. The number of rotatable bonds is 7. The number of hydrogen-bond donors (Lipinski definition) is 1. The highest BCUT2D eigenvalue weighted by molar-refractivity contribution is 8.00. The Kier molecular flexibility index (Phi) is 7.23. The van der Waals surface area contributed by atoms with Gasteiger partial charge in [0, 0.05) is 19.8 Å². The molecule has 3 aromatic rings. The zero-order valence-corrected chi connectivity index (χ0v) is 20.6. The summed E-state index contributed by atoms with van der Waals surface area (Å²) in [5, 5.41) is 14.5. The smallest absolute Gasteiger partial charge is 0.244 e. The molecule has 3 rings (SSSR count). The Labute approximate surface area is 196 Å². The van der Waals surface area contributed by atoms with Crippen molar-refractivity contribution in [3.63, 3.8) is 0 Å². The van der Waals surface area contributed by atoms with Crippen molar-refractivity contribution in [3.05, 3.63) is 52.5 Å². The molecular weight excluding hydrogens is 472 g/mol. The highest BCUT2D eigenvalue weighted by Crippen LogP contribution is 2.28. The van der Waals surface area contributed by atoms with Gasteiger partial charge in [-0.2, -0.15) is 4.68 Å². The number of nitrogens with one attached hydrogen (secondary N) is 1. The molecule has 0 saturated heterocycles. The summed E-state index contributed by atoms with van der Waals surface area (Å²) in [7, 11) is -0.931. The Morgan fingerprint density at radius 3 is 2.53 bits per heavy atom. The summed E-state index contributed by atoms with van der Waals surface area (Å²) in [6.07, 6.45) is 0. The Hall–Kier alpha value is -2.47. The SMILES string of the molecule is Cc1ccc(-n2nnnc2SC(C)C(=O)Nc2ccc(Cl)c(S(=O)(=O)N(C)C)c2)cc1C. The Bertz CT molecular complexity index is 1260. The number of tetrazole rings is 1. The first-order chi connectivity index (χ1) is 15.0. The predicted octanol–water partition coefficient (Wildman–Crippen LogP) is 3.30. The lowest BCUT2D eigenvalue weighted by molar-refractivity contribution is -0.115. The van der Waals surface area contributed by atoms with Gasteiger partial charge in [-0.3, -0.25) is 4.79 Å². The summed E-state index contributed by atoms with van der Waals surface area (Å²) < 4.78 is 27.5. The van der Waals surface area contributed by atoms with Crippen molar-refractivity contribution in [2.75, 3.05) is 19.4 Å².